The van der Waals surface area contributed by atoms with Crippen LogP contribution in [0.3, 0.4) is 0 Å². The van der Waals surface area contributed by atoms with Gasteiger partial charge in [0.1, 0.15) is 5.78 Å². The van der Waals surface area contributed by atoms with E-state index in [1.165, 1.54) is 5.57 Å². The van der Waals surface area contributed by atoms with Gasteiger partial charge in [0.05, 0.1) is 18.6 Å². The van der Waals surface area contributed by atoms with Crippen molar-refractivity contribution < 1.29 is 14.3 Å². The van der Waals surface area contributed by atoms with Crippen molar-refractivity contribution in [2.24, 2.45) is 28.6 Å². The normalized spacial score (nSPS) is 46.2. The SMILES string of the molecule is CC(C)[C@H]1CC(=O)[C@@H]2[C@H]3OCC4=C3[C@@](C)(CCC4=O)CC[C@]12C. The third-order valence-corrected chi connectivity index (χ3v) is 7.56. The molecule has 23 heavy (non-hydrogen) atoms. The average Bonchev–Trinajstić information content (AvgIpc) is 3.00. The molecule has 0 N–H and O–H groups in total. The van der Waals surface area contributed by atoms with E-state index in [-0.39, 0.29) is 28.6 Å². The Hall–Kier alpha value is -0.960. The third kappa shape index (κ3) is 1.92. The fourth-order valence-corrected chi connectivity index (χ4v) is 6.22. The monoisotopic (exact) mass is 316 g/mol. The molecule has 2 fully saturated rings. The van der Waals surface area contributed by atoms with E-state index in [9.17, 15) is 9.59 Å². The molecule has 0 radical (unpaired) electrons. The van der Waals surface area contributed by atoms with Gasteiger partial charge in [0.25, 0.3) is 0 Å². The van der Waals surface area contributed by atoms with Crippen molar-refractivity contribution in [2.75, 3.05) is 6.61 Å². The lowest BCUT2D eigenvalue weighted by Gasteiger charge is -2.38. The Labute approximate surface area is 138 Å². The standard InChI is InChI=1S/C20H28O3/c1-11(2)13-9-15(22)17-18-16-12(10-23-18)14(21)5-6-19(16,3)7-8-20(13,17)4/h11,13,17-18H,5-10H2,1-4H3/t13-,17-,18+,19+,20-/m1/s1. The summed E-state index contributed by atoms with van der Waals surface area (Å²) in [5.74, 6) is 1.53. The van der Waals surface area contributed by atoms with Crippen LogP contribution in [0.5, 0.6) is 0 Å². The first-order valence-corrected chi connectivity index (χ1v) is 9.19. The minimum Gasteiger partial charge on any atom is -0.368 e. The minimum absolute atomic E-state index is 0.0156. The van der Waals surface area contributed by atoms with Crippen LogP contribution in [0.2, 0.25) is 0 Å². The van der Waals surface area contributed by atoms with Gasteiger partial charge in [0, 0.05) is 18.4 Å². The second-order valence-corrected chi connectivity index (χ2v) is 9.11. The Morgan fingerprint density at radius 1 is 1.13 bits per heavy atom. The van der Waals surface area contributed by atoms with Gasteiger partial charge in [-0.05, 0) is 47.5 Å². The fraction of sp³-hybridized carbons (Fsp3) is 0.800. The molecule has 0 aromatic heterocycles. The first-order valence-electron chi connectivity index (χ1n) is 9.19. The Bertz CT molecular complexity index is 616. The highest BCUT2D eigenvalue weighted by Crippen LogP contribution is 2.62. The lowest BCUT2D eigenvalue weighted by Crippen LogP contribution is -2.39. The van der Waals surface area contributed by atoms with Crippen LogP contribution in [0.4, 0.5) is 0 Å². The van der Waals surface area contributed by atoms with Crippen molar-refractivity contribution in [3.8, 4) is 0 Å². The quantitative estimate of drug-likeness (QED) is 0.740. The van der Waals surface area contributed by atoms with Gasteiger partial charge in [-0.3, -0.25) is 9.59 Å². The summed E-state index contributed by atoms with van der Waals surface area (Å²) in [6, 6.07) is 0. The number of hydrogen-bond donors (Lipinski definition) is 0. The number of Topliss-reactive ketones (excluding diaryl/α,β-unsaturated/α-hetero) is 2. The smallest absolute Gasteiger partial charge is 0.161 e. The Balaban J connectivity index is 1.86. The number of carbonyl (C=O) groups is 2. The van der Waals surface area contributed by atoms with Crippen molar-refractivity contribution in [3.63, 3.8) is 0 Å². The Morgan fingerprint density at radius 3 is 2.57 bits per heavy atom. The molecule has 0 spiro atoms. The Kier molecular flexibility index (Phi) is 3.23. The van der Waals surface area contributed by atoms with Gasteiger partial charge >= 0.3 is 0 Å². The van der Waals surface area contributed by atoms with Crippen LogP contribution in [0.25, 0.3) is 0 Å². The molecule has 1 heterocycles. The first-order chi connectivity index (χ1) is 10.8. The molecule has 0 bridgehead atoms. The molecule has 2 saturated carbocycles. The highest BCUT2D eigenvalue weighted by molar-refractivity contribution is 5.99. The first kappa shape index (κ1) is 15.6. The van der Waals surface area contributed by atoms with E-state index in [0.29, 0.717) is 37.1 Å². The van der Waals surface area contributed by atoms with Gasteiger partial charge in [-0.2, -0.15) is 0 Å². The lowest BCUT2D eigenvalue weighted by atomic mass is 9.66. The highest BCUT2D eigenvalue weighted by Gasteiger charge is 2.62. The molecule has 0 unspecified atom stereocenters. The molecule has 0 aromatic rings. The molecule has 0 aromatic carbocycles. The fourth-order valence-electron chi connectivity index (χ4n) is 6.22. The number of ether oxygens (including phenoxy) is 1. The van der Waals surface area contributed by atoms with Crippen LogP contribution < -0.4 is 0 Å². The van der Waals surface area contributed by atoms with Crippen molar-refractivity contribution >= 4 is 11.6 Å². The Morgan fingerprint density at radius 2 is 1.87 bits per heavy atom. The van der Waals surface area contributed by atoms with Gasteiger partial charge in [-0.15, -0.1) is 0 Å². The summed E-state index contributed by atoms with van der Waals surface area (Å²) < 4.78 is 6.15. The van der Waals surface area contributed by atoms with E-state index in [2.05, 4.69) is 27.7 Å². The summed E-state index contributed by atoms with van der Waals surface area (Å²) in [5, 5.41) is 0. The minimum atomic E-state index is -0.136. The third-order valence-electron chi connectivity index (χ3n) is 7.56. The van der Waals surface area contributed by atoms with Gasteiger partial charge in [0.2, 0.25) is 0 Å². The number of ketones is 2. The summed E-state index contributed by atoms with van der Waals surface area (Å²) in [6.45, 7) is 9.54. The van der Waals surface area contributed by atoms with Crippen LogP contribution >= 0.6 is 0 Å². The van der Waals surface area contributed by atoms with Gasteiger partial charge in [-0.1, -0.05) is 27.7 Å². The van der Waals surface area contributed by atoms with Gasteiger partial charge in [-0.25, -0.2) is 0 Å². The molecule has 5 atom stereocenters. The number of rotatable bonds is 1. The molecule has 4 rings (SSSR count). The molecular formula is C20H28O3. The van der Waals surface area contributed by atoms with E-state index >= 15 is 0 Å². The topological polar surface area (TPSA) is 43.4 Å². The van der Waals surface area contributed by atoms with Crippen molar-refractivity contribution in [2.45, 2.75) is 65.9 Å². The zero-order valence-corrected chi connectivity index (χ0v) is 14.8. The summed E-state index contributed by atoms with van der Waals surface area (Å²) in [6.07, 6.45) is 4.28. The molecule has 1 aliphatic heterocycles. The maximum Gasteiger partial charge on any atom is 0.161 e. The van der Waals surface area contributed by atoms with E-state index in [1.54, 1.807) is 0 Å². The number of carbonyl (C=O) groups excluding carboxylic acids is 2. The maximum absolute atomic E-state index is 12.9. The van der Waals surface area contributed by atoms with Crippen molar-refractivity contribution in [1.82, 2.24) is 0 Å². The summed E-state index contributed by atoms with van der Waals surface area (Å²) >= 11 is 0. The van der Waals surface area contributed by atoms with Gasteiger partial charge in [0.15, 0.2) is 5.78 Å². The van der Waals surface area contributed by atoms with Crippen molar-refractivity contribution in [1.29, 1.82) is 0 Å². The van der Waals surface area contributed by atoms with E-state index in [1.807, 2.05) is 0 Å². The molecule has 126 valence electrons. The predicted molar refractivity (Wildman–Crippen MR) is 87.9 cm³/mol. The van der Waals surface area contributed by atoms with Crippen LogP contribution in [0.1, 0.15) is 59.8 Å². The summed E-state index contributed by atoms with van der Waals surface area (Å²) in [4.78, 5) is 25.3. The van der Waals surface area contributed by atoms with Crippen LogP contribution in [-0.2, 0) is 14.3 Å². The summed E-state index contributed by atoms with van der Waals surface area (Å²) in [5.41, 5.74) is 2.19. The lowest BCUT2D eigenvalue weighted by molar-refractivity contribution is -0.126. The second kappa shape index (κ2) is 4.78. The van der Waals surface area contributed by atoms with Crippen LogP contribution in [0.15, 0.2) is 11.1 Å². The zero-order valence-electron chi connectivity index (χ0n) is 14.8. The molecule has 0 saturated heterocycles. The molecule has 3 aliphatic carbocycles. The van der Waals surface area contributed by atoms with Crippen LogP contribution in [-0.4, -0.2) is 24.3 Å². The average molecular weight is 316 g/mol. The second-order valence-electron chi connectivity index (χ2n) is 9.11. The largest absolute Gasteiger partial charge is 0.368 e. The molecule has 3 heteroatoms. The number of fused-ring (bicyclic) bond motifs is 2. The molecular weight excluding hydrogens is 288 g/mol. The number of hydrogen-bond acceptors (Lipinski definition) is 3. The van der Waals surface area contributed by atoms with Gasteiger partial charge < -0.3 is 4.74 Å². The van der Waals surface area contributed by atoms with E-state index in [4.69, 9.17) is 4.74 Å². The molecule has 3 nitrogen and oxygen atoms in total. The molecule has 0 amide bonds. The summed E-state index contributed by atoms with van der Waals surface area (Å²) in [7, 11) is 0. The zero-order chi connectivity index (χ0) is 16.6. The van der Waals surface area contributed by atoms with E-state index < -0.39 is 0 Å². The van der Waals surface area contributed by atoms with Crippen LogP contribution in [0, 0.1) is 28.6 Å². The predicted octanol–water partition coefficient (Wildman–Crippen LogP) is 3.71. The molecule has 4 aliphatic rings. The highest BCUT2D eigenvalue weighted by atomic mass is 16.5. The van der Waals surface area contributed by atoms with E-state index in [0.717, 1.165) is 24.8 Å². The van der Waals surface area contributed by atoms with Crippen molar-refractivity contribution in [3.05, 3.63) is 11.1 Å². The maximum atomic E-state index is 12.9.